The zero-order valence-electron chi connectivity index (χ0n) is 8.05. The molecule has 1 rings (SSSR count). The molecule has 0 saturated carbocycles. The van der Waals surface area contributed by atoms with E-state index in [0.717, 1.165) is 0 Å². The summed E-state index contributed by atoms with van der Waals surface area (Å²) in [7, 11) is 0. The van der Waals surface area contributed by atoms with Crippen LogP contribution in [0.5, 0.6) is 0 Å². The Morgan fingerprint density at radius 1 is 1.33 bits per heavy atom. The highest BCUT2D eigenvalue weighted by Gasteiger charge is 2.09. The van der Waals surface area contributed by atoms with E-state index >= 15 is 0 Å². The SMILES string of the molecule is CCCC[n+]1ccsc1CCC. The van der Waals surface area contributed by atoms with Gasteiger partial charge < -0.3 is 0 Å². The van der Waals surface area contributed by atoms with Crippen LogP contribution in [-0.4, -0.2) is 0 Å². The fourth-order valence-corrected chi connectivity index (χ4v) is 2.25. The number of unbranched alkanes of at least 4 members (excludes halogenated alkanes) is 1. The second-order valence-electron chi connectivity index (χ2n) is 3.09. The van der Waals surface area contributed by atoms with Gasteiger partial charge in [0, 0.05) is 12.8 Å². The molecule has 0 amide bonds. The molecule has 1 aromatic rings. The molecule has 2 heteroatoms. The summed E-state index contributed by atoms with van der Waals surface area (Å²) in [6.45, 7) is 5.69. The zero-order valence-corrected chi connectivity index (χ0v) is 8.86. The van der Waals surface area contributed by atoms with Crippen LogP contribution in [0, 0.1) is 0 Å². The Bertz CT molecular complexity index is 217. The predicted octanol–water partition coefficient (Wildman–Crippen LogP) is 2.79. The Kier molecular flexibility index (Phi) is 4.30. The molecule has 0 bridgehead atoms. The lowest BCUT2D eigenvalue weighted by Crippen LogP contribution is -2.34. The van der Waals surface area contributed by atoms with E-state index in [9.17, 15) is 0 Å². The van der Waals surface area contributed by atoms with Crippen LogP contribution in [0.3, 0.4) is 0 Å². The molecule has 0 fully saturated rings. The average Bonchev–Trinajstić information content (AvgIpc) is 2.50. The maximum atomic E-state index is 2.40. The fourth-order valence-electron chi connectivity index (χ4n) is 1.28. The Balaban J connectivity index is 2.51. The number of hydrogen-bond donors (Lipinski definition) is 0. The third-order valence-corrected chi connectivity index (χ3v) is 2.95. The predicted molar refractivity (Wildman–Crippen MR) is 53.4 cm³/mol. The summed E-state index contributed by atoms with van der Waals surface area (Å²) in [6.07, 6.45) is 7.30. The first-order valence-electron chi connectivity index (χ1n) is 4.84. The van der Waals surface area contributed by atoms with Crippen molar-refractivity contribution in [2.75, 3.05) is 0 Å². The third-order valence-electron chi connectivity index (χ3n) is 1.98. The van der Waals surface area contributed by atoms with E-state index in [1.807, 2.05) is 11.3 Å². The summed E-state index contributed by atoms with van der Waals surface area (Å²) in [5.41, 5.74) is 0. The molecule has 0 saturated heterocycles. The van der Waals surface area contributed by atoms with Gasteiger partial charge >= 0.3 is 0 Å². The second kappa shape index (κ2) is 5.31. The molecule has 0 aliphatic rings. The number of aryl methyl sites for hydroxylation is 2. The number of nitrogens with zero attached hydrogens (tertiary/aromatic N) is 1. The first-order chi connectivity index (χ1) is 5.88. The topological polar surface area (TPSA) is 3.88 Å². The van der Waals surface area contributed by atoms with Crippen molar-refractivity contribution < 1.29 is 4.57 Å². The number of thiazole rings is 1. The highest BCUT2D eigenvalue weighted by atomic mass is 32.1. The molecule has 12 heavy (non-hydrogen) atoms. The van der Waals surface area contributed by atoms with E-state index in [1.54, 1.807) is 0 Å². The molecule has 1 heterocycles. The first-order valence-corrected chi connectivity index (χ1v) is 5.72. The summed E-state index contributed by atoms with van der Waals surface area (Å²) in [6, 6.07) is 0. The van der Waals surface area contributed by atoms with Crippen LogP contribution in [0.2, 0.25) is 0 Å². The Labute approximate surface area is 79.1 Å². The van der Waals surface area contributed by atoms with Crippen LogP contribution in [0.25, 0.3) is 0 Å². The van der Waals surface area contributed by atoms with Gasteiger partial charge in [-0.05, 0) is 6.42 Å². The second-order valence-corrected chi connectivity index (χ2v) is 4.07. The quantitative estimate of drug-likeness (QED) is 0.620. The molecule has 0 aliphatic carbocycles. The van der Waals surface area contributed by atoms with Gasteiger partial charge in [-0.3, -0.25) is 0 Å². The molecular weight excluding hydrogens is 166 g/mol. The smallest absolute Gasteiger partial charge is 0.193 e. The normalized spacial score (nSPS) is 10.5. The molecule has 0 spiro atoms. The molecule has 0 aliphatic heterocycles. The molecule has 0 aromatic carbocycles. The van der Waals surface area contributed by atoms with Crippen LogP contribution in [0.4, 0.5) is 0 Å². The molecule has 68 valence electrons. The van der Waals surface area contributed by atoms with Crippen LogP contribution < -0.4 is 4.57 Å². The summed E-state index contributed by atoms with van der Waals surface area (Å²) in [5.74, 6) is 0. The van der Waals surface area contributed by atoms with Gasteiger partial charge in [0.2, 0.25) is 5.01 Å². The molecule has 1 nitrogen and oxygen atoms in total. The van der Waals surface area contributed by atoms with E-state index in [0.29, 0.717) is 0 Å². The molecule has 0 unspecified atom stereocenters. The number of aromatic nitrogens is 1. The lowest BCUT2D eigenvalue weighted by Gasteiger charge is -1.94. The summed E-state index contributed by atoms with van der Waals surface area (Å²) < 4.78 is 2.40. The Morgan fingerprint density at radius 3 is 2.83 bits per heavy atom. The molecule has 0 N–H and O–H groups in total. The van der Waals surface area contributed by atoms with E-state index in [1.165, 1.54) is 37.2 Å². The summed E-state index contributed by atoms with van der Waals surface area (Å²) in [4.78, 5) is 0. The lowest BCUT2D eigenvalue weighted by atomic mass is 10.3. The Morgan fingerprint density at radius 2 is 2.17 bits per heavy atom. The molecule has 0 radical (unpaired) electrons. The standard InChI is InChI=1S/C10H18NS/c1-3-5-7-11-8-9-12-10(11)6-4-2/h8-9H,3-7H2,1-2H3/q+1. The van der Waals surface area contributed by atoms with Gasteiger partial charge in [-0.1, -0.05) is 31.6 Å². The maximum Gasteiger partial charge on any atom is 0.237 e. The van der Waals surface area contributed by atoms with Crippen LogP contribution in [-0.2, 0) is 13.0 Å². The van der Waals surface area contributed by atoms with Gasteiger partial charge in [0.05, 0.1) is 5.38 Å². The highest BCUT2D eigenvalue weighted by Crippen LogP contribution is 2.05. The van der Waals surface area contributed by atoms with Gasteiger partial charge in [0.15, 0.2) is 6.20 Å². The van der Waals surface area contributed by atoms with Crippen molar-refractivity contribution in [2.24, 2.45) is 0 Å². The van der Waals surface area contributed by atoms with Crippen molar-refractivity contribution in [1.82, 2.24) is 0 Å². The monoisotopic (exact) mass is 184 g/mol. The van der Waals surface area contributed by atoms with Crippen LogP contribution >= 0.6 is 11.3 Å². The van der Waals surface area contributed by atoms with Crippen molar-refractivity contribution in [3.63, 3.8) is 0 Å². The summed E-state index contributed by atoms with van der Waals surface area (Å²) in [5, 5.41) is 3.73. The van der Waals surface area contributed by atoms with Crippen molar-refractivity contribution >= 4 is 11.3 Å². The van der Waals surface area contributed by atoms with Crippen LogP contribution in [0.15, 0.2) is 11.6 Å². The van der Waals surface area contributed by atoms with Crippen LogP contribution in [0.1, 0.15) is 38.1 Å². The molecule has 1 aromatic heterocycles. The summed E-state index contributed by atoms with van der Waals surface area (Å²) >= 11 is 1.89. The van der Waals surface area contributed by atoms with Gasteiger partial charge in [-0.25, -0.2) is 0 Å². The van der Waals surface area contributed by atoms with Crippen molar-refractivity contribution in [3.05, 3.63) is 16.6 Å². The van der Waals surface area contributed by atoms with Gasteiger partial charge in [0.25, 0.3) is 0 Å². The number of rotatable bonds is 5. The van der Waals surface area contributed by atoms with E-state index in [4.69, 9.17) is 0 Å². The van der Waals surface area contributed by atoms with Crippen molar-refractivity contribution in [2.45, 2.75) is 46.1 Å². The van der Waals surface area contributed by atoms with Gasteiger partial charge in [-0.2, -0.15) is 4.57 Å². The minimum absolute atomic E-state index is 1.20. The Hall–Kier alpha value is -0.370. The number of hydrogen-bond acceptors (Lipinski definition) is 1. The van der Waals surface area contributed by atoms with E-state index in [-0.39, 0.29) is 0 Å². The molecule has 0 atom stereocenters. The maximum absolute atomic E-state index is 2.40. The minimum atomic E-state index is 1.20. The minimum Gasteiger partial charge on any atom is -0.193 e. The van der Waals surface area contributed by atoms with E-state index < -0.39 is 0 Å². The lowest BCUT2D eigenvalue weighted by molar-refractivity contribution is -0.699. The molecular formula is C10H18NS+. The van der Waals surface area contributed by atoms with Crippen molar-refractivity contribution in [3.8, 4) is 0 Å². The van der Waals surface area contributed by atoms with Crippen molar-refractivity contribution in [1.29, 1.82) is 0 Å². The third kappa shape index (κ3) is 2.59. The largest absolute Gasteiger partial charge is 0.237 e. The zero-order chi connectivity index (χ0) is 8.81. The first kappa shape index (κ1) is 9.72. The fraction of sp³-hybridized carbons (Fsp3) is 0.700. The average molecular weight is 184 g/mol. The highest BCUT2D eigenvalue weighted by molar-refractivity contribution is 7.09. The van der Waals surface area contributed by atoms with Gasteiger partial charge in [0.1, 0.15) is 6.54 Å². The van der Waals surface area contributed by atoms with E-state index in [2.05, 4.69) is 30.0 Å². The van der Waals surface area contributed by atoms with Gasteiger partial charge in [-0.15, -0.1) is 0 Å².